The molecule has 1 aliphatic rings. The molecule has 0 spiro atoms. The van der Waals surface area contributed by atoms with E-state index in [1.54, 1.807) is 17.1 Å². The van der Waals surface area contributed by atoms with Crippen molar-refractivity contribution < 1.29 is 4.39 Å². The molecular formula is C15H18FN7. The number of anilines is 1. The Morgan fingerprint density at radius 2 is 2.22 bits per heavy atom. The smallest absolute Gasteiger partial charge is 0.187 e. The van der Waals surface area contributed by atoms with E-state index >= 15 is 0 Å². The Morgan fingerprint density at radius 1 is 1.35 bits per heavy atom. The predicted molar refractivity (Wildman–Crippen MR) is 84.4 cm³/mol. The molecule has 1 saturated heterocycles. The lowest BCUT2D eigenvalue weighted by Crippen LogP contribution is -2.30. The van der Waals surface area contributed by atoms with E-state index < -0.39 is 5.82 Å². The zero-order valence-corrected chi connectivity index (χ0v) is 12.8. The van der Waals surface area contributed by atoms with Gasteiger partial charge in [-0.05, 0) is 19.4 Å². The minimum Gasteiger partial charge on any atom is -0.381 e. The maximum absolute atomic E-state index is 14.6. The first-order valence-corrected chi connectivity index (χ1v) is 7.67. The standard InChI is InChI=1S/C15H18FN7/c1-22-8-10(6-19-22)11-7-20-23-14(17)12(16)13(21-15(11)23)9-3-2-4-18-5-9/h6-9,18H,2-5,17H2,1H3/t9-/m0/s1. The van der Waals surface area contributed by atoms with E-state index in [4.69, 9.17) is 5.73 Å². The summed E-state index contributed by atoms with van der Waals surface area (Å²) in [6, 6.07) is 0. The number of piperidine rings is 1. The van der Waals surface area contributed by atoms with Gasteiger partial charge in [-0.2, -0.15) is 14.7 Å². The second-order valence-corrected chi connectivity index (χ2v) is 5.94. The molecule has 1 atom stereocenters. The van der Waals surface area contributed by atoms with E-state index in [0.29, 0.717) is 11.3 Å². The zero-order chi connectivity index (χ0) is 16.0. The highest BCUT2D eigenvalue weighted by molar-refractivity contribution is 5.77. The van der Waals surface area contributed by atoms with E-state index in [0.717, 1.165) is 37.1 Å². The summed E-state index contributed by atoms with van der Waals surface area (Å²) in [7, 11) is 1.84. The van der Waals surface area contributed by atoms with Crippen LogP contribution in [0.5, 0.6) is 0 Å². The molecule has 3 N–H and O–H groups in total. The summed E-state index contributed by atoms with van der Waals surface area (Å²) < 4.78 is 17.7. The van der Waals surface area contributed by atoms with Gasteiger partial charge in [-0.1, -0.05) is 0 Å². The van der Waals surface area contributed by atoms with Crippen LogP contribution in [0.2, 0.25) is 0 Å². The summed E-state index contributed by atoms with van der Waals surface area (Å²) in [6.45, 7) is 1.68. The lowest BCUT2D eigenvalue weighted by atomic mass is 9.95. The minimum absolute atomic E-state index is 0.00529. The van der Waals surface area contributed by atoms with Crippen molar-refractivity contribution in [3.05, 3.63) is 30.1 Å². The molecule has 0 aromatic carbocycles. The van der Waals surface area contributed by atoms with Gasteiger partial charge in [0.15, 0.2) is 17.3 Å². The summed E-state index contributed by atoms with van der Waals surface area (Å²) in [5.74, 6) is -0.426. The van der Waals surface area contributed by atoms with E-state index in [1.165, 1.54) is 4.52 Å². The third kappa shape index (κ3) is 2.26. The van der Waals surface area contributed by atoms with Crippen LogP contribution in [0.3, 0.4) is 0 Å². The summed E-state index contributed by atoms with van der Waals surface area (Å²) in [6.07, 6.45) is 7.17. The van der Waals surface area contributed by atoms with E-state index in [-0.39, 0.29) is 11.7 Å². The van der Waals surface area contributed by atoms with Crippen molar-refractivity contribution in [2.24, 2.45) is 7.05 Å². The van der Waals surface area contributed by atoms with Gasteiger partial charge in [0.25, 0.3) is 0 Å². The third-order valence-corrected chi connectivity index (χ3v) is 4.35. The molecule has 0 saturated carbocycles. The van der Waals surface area contributed by atoms with Crippen molar-refractivity contribution >= 4 is 11.5 Å². The highest BCUT2D eigenvalue weighted by Gasteiger charge is 2.25. The van der Waals surface area contributed by atoms with Crippen LogP contribution in [0, 0.1) is 5.82 Å². The third-order valence-electron chi connectivity index (χ3n) is 4.35. The highest BCUT2D eigenvalue weighted by Crippen LogP contribution is 2.30. The Labute approximate surface area is 132 Å². The minimum atomic E-state index is -0.466. The average molecular weight is 315 g/mol. The van der Waals surface area contributed by atoms with Gasteiger partial charge < -0.3 is 11.1 Å². The van der Waals surface area contributed by atoms with Crippen molar-refractivity contribution in [3.63, 3.8) is 0 Å². The van der Waals surface area contributed by atoms with Crippen LogP contribution < -0.4 is 11.1 Å². The molecule has 0 amide bonds. The Bertz CT molecular complexity index is 860. The Morgan fingerprint density at radius 3 is 2.91 bits per heavy atom. The fourth-order valence-electron chi connectivity index (χ4n) is 3.13. The van der Waals surface area contributed by atoms with E-state index in [2.05, 4.69) is 20.5 Å². The number of fused-ring (bicyclic) bond motifs is 1. The molecule has 4 heterocycles. The van der Waals surface area contributed by atoms with Crippen molar-refractivity contribution in [1.82, 2.24) is 29.7 Å². The monoisotopic (exact) mass is 315 g/mol. The van der Waals surface area contributed by atoms with Gasteiger partial charge in [-0.3, -0.25) is 4.68 Å². The van der Waals surface area contributed by atoms with E-state index in [1.807, 2.05) is 13.2 Å². The highest BCUT2D eigenvalue weighted by atomic mass is 19.1. The van der Waals surface area contributed by atoms with Crippen LogP contribution in [0.15, 0.2) is 18.6 Å². The fourth-order valence-corrected chi connectivity index (χ4v) is 3.13. The van der Waals surface area contributed by atoms with Crippen LogP contribution in [0.1, 0.15) is 24.5 Å². The van der Waals surface area contributed by atoms with Crippen LogP contribution in [0.25, 0.3) is 16.8 Å². The normalized spacial score (nSPS) is 18.6. The number of aromatic nitrogens is 5. The molecule has 4 rings (SSSR count). The summed E-state index contributed by atoms with van der Waals surface area (Å²) in [5, 5.41) is 11.6. The van der Waals surface area contributed by atoms with Crippen LogP contribution in [0.4, 0.5) is 10.2 Å². The Kier molecular flexibility index (Phi) is 3.26. The van der Waals surface area contributed by atoms with Gasteiger partial charge in [0.1, 0.15) is 0 Å². The number of halogens is 1. The number of rotatable bonds is 2. The predicted octanol–water partition coefficient (Wildman–Crippen LogP) is 1.32. The lowest BCUT2D eigenvalue weighted by Gasteiger charge is -2.23. The number of nitrogens with one attached hydrogen (secondary N) is 1. The van der Waals surface area contributed by atoms with Gasteiger partial charge in [0, 0.05) is 36.8 Å². The molecule has 0 aliphatic carbocycles. The maximum Gasteiger partial charge on any atom is 0.187 e. The quantitative estimate of drug-likeness (QED) is 0.745. The maximum atomic E-state index is 14.6. The number of hydrogen-bond donors (Lipinski definition) is 2. The van der Waals surface area contributed by atoms with E-state index in [9.17, 15) is 4.39 Å². The second kappa shape index (κ2) is 5.31. The molecule has 1 fully saturated rings. The molecule has 0 unspecified atom stereocenters. The molecule has 0 radical (unpaired) electrons. The molecule has 0 bridgehead atoms. The van der Waals surface area contributed by atoms with Gasteiger partial charge in [0.2, 0.25) is 0 Å². The van der Waals surface area contributed by atoms with Gasteiger partial charge >= 0.3 is 0 Å². The number of hydrogen-bond acceptors (Lipinski definition) is 5. The molecule has 23 heavy (non-hydrogen) atoms. The second-order valence-electron chi connectivity index (χ2n) is 5.94. The lowest BCUT2D eigenvalue weighted by molar-refractivity contribution is 0.437. The average Bonchev–Trinajstić information content (AvgIpc) is 3.17. The zero-order valence-electron chi connectivity index (χ0n) is 12.8. The first kappa shape index (κ1) is 14.1. The summed E-state index contributed by atoms with van der Waals surface area (Å²) in [4.78, 5) is 4.57. The molecule has 120 valence electrons. The summed E-state index contributed by atoms with van der Waals surface area (Å²) in [5.41, 5.74) is 8.64. The number of nitrogen functional groups attached to an aromatic ring is 1. The first-order chi connectivity index (χ1) is 11.1. The Balaban J connectivity index is 1.89. The number of nitrogens with zero attached hydrogens (tertiary/aromatic N) is 5. The molecule has 3 aromatic rings. The number of aryl methyl sites for hydroxylation is 1. The largest absolute Gasteiger partial charge is 0.381 e. The molecular weight excluding hydrogens is 297 g/mol. The fraction of sp³-hybridized carbons (Fsp3) is 0.400. The number of nitrogens with two attached hydrogens (primary N) is 1. The van der Waals surface area contributed by atoms with Crippen molar-refractivity contribution in [2.45, 2.75) is 18.8 Å². The van der Waals surface area contributed by atoms with Crippen molar-refractivity contribution in [2.75, 3.05) is 18.8 Å². The SMILES string of the molecule is Cn1cc(-c2cnn3c(N)c(F)c([C@H]4CCCNC4)nc23)cn1. The summed E-state index contributed by atoms with van der Waals surface area (Å²) >= 11 is 0. The Hall–Kier alpha value is -2.48. The molecule has 3 aromatic heterocycles. The molecule has 7 nitrogen and oxygen atoms in total. The van der Waals surface area contributed by atoms with Gasteiger partial charge in [-0.15, -0.1) is 0 Å². The van der Waals surface area contributed by atoms with Gasteiger partial charge in [0.05, 0.1) is 18.1 Å². The van der Waals surface area contributed by atoms with Gasteiger partial charge in [-0.25, -0.2) is 9.37 Å². The molecule has 1 aliphatic heterocycles. The van der Waals surface area contributed by atoms with Crippen molar-refractivity contribution in [1.29, 1.82) is 0 Å². The first-order valence-electron chi connectivity index (χ1n) is 7.67. The molecule has 8 heteroatoms. The van der Waals surface area contributed by atoms with Crippen LogP contribution in [-0.2, 0) is 7.05 Å². The van der Waals surface area contributed by atoms with Crippen LogP contribution >= 0.6 is 0 Å². The van der Waals surface area contributed by atoms with Crippen molar-refractivity contribution in [3.8, 4) is 11.1 Å². The topological polar surface area (TPSA) is 86.1 Å². The van der Waals surface area contributed by atoms with Crippen LogP contribution in [-0.4, -0.2) is 37.5 Å².